The maximum Gasteiger partial charge on any atom is 0.245 e. The third kappa shape index (κ3) is 2.98. The van der Waals surface area contributed by atoms with E-state index in [1.165, 1.54) is 13.8 Å². The number of rotatable bonds is 5. The van der Waals surface area contributed by atoms with E-state index in [0.717, 1.165) is 32.9 Å². The van der Waals surface area contributed by atoms with Gasteiger partial charge in [-0.05, 0) is 35.4 Å². The molecule has 0 saturated carbocycles. The second-order valence-electron chi connectivity index (χ2n) is 7.83. The summed E-state index contributed by atoms with van der Waals surface area (Å²) in [4.78, 5) is 22.2. The van der Waals surface area contributed by atoms with Gasteiger partial charge < -0.3 is 15.0 Å². The Kier molecular flexibility index (Phi) is 4.50. The summed E-state index contributed by atoms with van der Waals surface area (Å²) in [6.07, 6.45) is 1.05. The number of nitrogens with one attached hydrogen (secondary N) is 3. The van der Waals surface area contributed by atoms with Crippen LogP contribution in [0, 0.1) is 0 Å². The van der Waals surface area contributed by atoms with Crippen molar-refractivity contribution >= 4 is 27.6 Å². The fraction of sp³-hybridized carbons (Fsp3) is 0.160. The predicted octanol–water partition coefficient (Wildman–Crippen LogP) is 6.88. The molecule has 3 heterocycles. The number of benzene rings is 2. The standard InChI is InChI=1S/C25H21F2N3O/c1-13(25(26)27)21-22(17-5-3-7-19-15(17)9-11-28-19)23(14(2)31)30-24(21)18-6-4-8-20-16(18)10-12-29-20/h3-13,25,28-30H,1-2H3. The van der Waals surface area contributed by atoms with Crippen LogP contribution >= 0.6 is 0 Å². The van der Waals surface area contributed by atoms with Crippen LogP contribution in [-0.4, -0.2) is 27.2 Å². The molecule has 3 N–H and O–H groups in total. The molecule has 1 atom stereocenters. The summed E-state index contributed by atoms with van der Waals surface area (Å²) in [6, 6.07) is 15.2. The maximum absolute atomic E-state index is 14.1. The van der Waals surface area contributed by atoms with Gasteiger partial charge in [-0.15, -0.1) is 0 Å². The zero-order valence-corrected chi connectivity index (χ0v) is 17.1. The van der Waals surface area contributed by atoms with E-state index in [0.29, 0.717) is 22.5 Å². The van der Waals surface area contributed by atoms with E-state index >= 15 is 0 Å². The van der Waals surface area contributed by atoms with Crippen LogP contribution in [0.15, 0.2) is 60.9 Å². The highest BCUT2D eigenvalue weighted by Crippen LogP contribution is 2.45. The van der Waals surface area contributed by atoms with Gasteiger partial charge in [0.1, 0.15) is 0 Å². The van der Waals surface area contributed by atoms with E-state index in [-0.39, 0.29) is 5.78 Å². The first kappa shape index (κ1) is 19.3. The van der Waals surface area contributed by atoms with Crippen LogP contribution in [-0.2, 0) is 0 Å². The Hall–Kier alpha value is -3.67. The van der Waals surface area contributed by atoms with Gasteiger partial charge in [-0.2, -0.15) is 0 Å². The van der Waals surface area contributed by atoms with Gasteiger partial charge >= 0.3 is 0 Å². The smallest absolute Gasteiger partial charge is 0.245 e. The Balaban J connectivity index is 1.91. The number of carbonyl (C=O) groups excluding carboxylic acids is 1. The van der Waals surface area contributed by atoms with Crippen molar-refractivity contribution in [3.63, 3.8) is 0 Å². The van der Waals surface area contributed by atoms with Crippen molar-refractivity contribution in [3.8, 4) is 22.4 Å². The summed E-state index contributed by atoms with van der Waals surface area (Å²) < 4.78 is 28.2. The third-order valence-corrected chi connectivity index (χ3v) is 5.95. The molecule has 5 aromatic rings. The largest absolute Gasteiger partial charge is 0.361 e. The second-order valence-corrected chi connectivity index (χ2v) is 7.83. The summed E-state index contributed by atoms with van der Waals surface area (Å²) in [7, 11) is 0. The van der Waals surface area contributed by atoms with Crippen molar-refractivity contribution in [3.05, 3.63) is 72.2 Å². The van der Waals surface area contributed by atoms with E-state index < -0.39 is 12.3 Å². The molecular weight excluding hydrogens is 396 g/mol. The van der Waals surface area contributed by atoms with Gasteiger partial charge in [0.15, 0.2) is 5.78 Å². The molecule has 0 radical (unpaired) electrons. The minimum Gasteiger partial charge on any atom is -0.361 e. The normalized spacial score (nSPS) is 12.8. The third-order valence-electron chi connectivity index (χ3n) is 5.95. The van der Waals surface area contributed by atoms with E-state index in [9.17, 15) is 13.6 Å². The van der Waals surface area contributed by atoms with Crippen molar-refractivity contribution in [2.45, 2.75) is 26.2 Å². The highest BCUT2D eigenvalue weighted by molar-refractivity contribution is 6.08. The number of aromatic amines is 3. The summed E-state index contributed by atoms with van der Waals surface area (Å²) in [5.74, 6) is -1.27. The zero-order chi connectivity index (χ0) is 21.7. The van der Waals surface area contributed by atoms with Crippen LogP contribution in [0.1, 0.15) is 35.8 Å². The molecule has 2 aromatic carbocycles. The number of hydrogen-bond donors (Lipinski definition) is 3. The molecule has 0 aliphatic heterocycles. The Morgan fingerprint density at radius 3 is 2.03 bits per heavy atom. The van der Waals surface area contributed by atoms with Crippen LogP contribution in [0.3, 0.4) is 0 Å². The van der Waals surface area contributed by atoms with Crippen LogP contribution in [0.5, 0.6) is 0 Å². The lowest BCUT2D eigenvalue weighted by Crippen LogP contribution is -2.07. The lowest BCUT2D eigenvalue weighted by molar-refractivity contribution is 0.101. The number of aromatic nitrogens is 3. The Labute approximate surface area is 177 Å². The van der Waals surface area contributed by atoms with E-state index in [4.69, 9.17) is 0 Å². The van der Waals surface area contributed by atoms with Crippen LogP contribution in [0.4, 0.5) is 8.78 Å². The van der Waals surface area contributed by atoms with Crippen molar-refractivity contribution in [2.75, 3.05) is 0 Å². The van der Waals surface area contributed by atoms with Crippen LogP contribution < -0.4 is 0 Å². The molecule has 0 bridgehead atoms. The van der Waals surface area contributed by atoms with Gasteiger partial charge in [-0.3, -0.25) is 4.79 Å². The summed E-state index contributed by atoms with van der Waals surface area (Å²) in [6.45, 7) is 2.98. The lowest BCUT2D eigenvalue weighted by atomic mass is 9.88. The number of H-pyrrole nitrogens is 3. The monoisotopic (exact) mass is 417 g/mol. The fourth-order valence-corrected chi connectivity index (χ4v) is 4.46. The maximum atomic E-state index is 14.1. The molecular formula is C25H21F2N3O. The molecule has 31 heavy (non-hydrogen) atoms. The zero-order valence-electron chi connectivity index (χ0n) is 17.1. The molecule has 5 rings (SSSR count). The van der Waals surface area contributed by atoms with Crippen molar-refractivity contribution in [1.29, 1.82) is 0 Å². The minimum atomic E-state index is -2.58. The predicted molar refractivity (Wildman–Crippen MR) is 120 cm³/mol. The first-order valence-corrected chi connectivity index (χ1v) is 10.1. The molecule has 3 aromatic heterocycles. The van der Waals surface area contributed by atoms with Gasteiger partial charge in [0.05, 0.1) is 11.4 Å². The number of ketones is 1. The molecule has 0 aliphatic rings. The Morgan fingerprint density at radius 1 is 0.871 bits per heavy atom. The van der Waals surface area contributed by atoms with Crippen LogP contribution in [0.2, 0.25) is 0 Å². The highest BCUT2D eigenvalue weighted by Gasteiger charge is 2.31. The molecule has 0 fully saturated rings. The number of hydrogen-bond acceptors (Lipinski definition) is 1. The van der Waals surface area contributed by atoms with E-state index in [1.807, 2.05) is 60.9 Å². The average molecular weight is 417 g/mol. The first-order chi connectivity index (χ1) is 15.0. The molecule has 0 amide bonds. The minimum absolute atomic E-state index is 0.197. The molecule has 0 aliphatic carbocycles. The fourth-order valence-electron chi connectivity index (χ4n) is 4.46. The number of fused-ring (bicyclic) bond motifs is 2. The number of Topliss-reactive ketones (excluding diaryl/α,β-unsaturated/α-hetero) is 1. The van der Waals surface area contributed by atoms with Gasteiger partial charge in [0, 0.05) is 58.2 Å². The lowest BCUT2D eigenvalue weighted by Gasteiger charge is -2.16. The highest BCUT2D eigenvalue weighted by atomic mass is 19.3. The molecule has 156 valence electrons. The van der Waals surface area contributed by atoms with Gasteiger partial charge in [0.25, 0.3) is 0 Å². The SMILES string of the molecule is CC(=O)c1[nH]c(-c2cccc3[nH]ccc23)c(C(C)C(F)F)c1-c1cccc2[nH]ccc12. The molecule has 0 saturated heterocycles. The van der Waals surface area contributed by atoms with Crippen LogP contribution in [0.25, 0.3) is 44.2 Å². The average Bonchev–Trinajstić information content (AvgIpc) is 3.49. The van der Waals surface area contributed by atoms with Crippen molar-refractivity contribution < 1.29 is 13.6 Å². The molecule has 1 unspecified atom stereocenters. The van der Waals surface area contributed by atoms with E-state index in [1.54, 1.807) is 0 Å². The van der Waals surface area contributed by atoms with Gasteiger partial charge in [0.2, 0.25) is 6.43 Å². The Bertz CT molecular complexity index is 1420. The topological polar surface area (TPSA) is 64.4 Å². The molecule has 4 nitrogen and oxygen atoms in total. The summed E-state index contributed by atoms with van der Waals surface area (Å²) in [5, 5.41) is 1.80. The number of carbonyl (C=O) groups is 1. The molecule has 0 spiro atoms. The quantitative estimate of drug-likeness (QED) is 0.268. The van der Waals surface area contributed by atoms with E-state index in [2.05, 4.69) is 15.0 Å². The summed E-state index contributed by atoms with van der Waals surface area (Å²) in [5.41, 5.74) is 5.26. The second kappa shape index (κ2) is 7.23. The summed E-state index contributed by atoms with van der Waals surface area (Å²) >= 11 is 0. The van der Waals surface area contributed by atoms with Gasteiger partial charge in [-0.1, -0.05) is 31.2 Å². The number of halogens is 2. The Morgan fingerprint density at radius 2 is 1.45 bits per heavy atom. The van der Waals surface area contributed by atoms with Crippen molar-refractivity contribution in [2.24, 2.45) is 0 Å². The first-order valence-electron chi connectivity index (χ1n) is 10.1. The number of alkyl halides is 2. The van der Waals surface area contributed by atoms with Crippen molar-refractivity contribution in [1.82, 2.24) is 15.0 Å². The molecule has 6 heteroatoms. The van der Waals surface area contributed by atoms with Gasteiger partial charge in [-0.25, -0.2) is 8.78 Å².